The minimum Gasteiger partial charge on any atom is -0.477 e. The van der Waals surface area contributed by atoms with Gasteiger partial charge in [0.25, 0.3) is 0 Å². The van der Waals surface area contributed by atoms with Gasteiger partial charge in [-0.15, -0.1) is 11.3 Å². The normalized spacial score (nSPS) is 10.1. The number of hydrogen-bond acceptors (Lipinski definition) is 3. The predicted molar refractivity (Wildman–Crippen MR) is 55.5 cm³/mol. The lowest BCUT2D eigenvalue weighted by atomic mass is 10.2. The van der Waals surface area contributed by atoms with Gasteiger partial charge in [0, 0.05) is 11.8 Å². The van der Waals surface area contributed by atoms with Crippen molar-refractivity contribution in [2.75, 3.05) is 0 Å². The van der Waals surface area contributed by atoms with Crippen LogP contribution in [0.5, 0.6) is 0 Å². The number of nitrogens with one attached hydrogen (secondary N) is 1. The van der Waals surface area contributed by atoms with Gasteiger partial charge in [-0.2, -0.15) is 0 Å². The summed E-state index contributed by atoms with van der Waals surface area (Å²) in [5.74, 6) is -1.23. The van der Waals surface area contributed by atoms with E-state index in [2.05, 4.69) is 4.98 Å². The topological polar surface area (TPSA) is 70.2 Å². The monoisotopic (exact) mass is 221 g/mol. The summed E-state index contributed by atoms with van der Waals surface area (Å²) in [5, 5.41) is 10.5. The van der Waals surface area contributed by atoms with Crippen LogP contribution in [-0.2, 0) is 0 Å². The summed E-state index contributed by atoms with van der Waals surface area (Å²) in [6.45, 7) is 0. The maximum Gasteiger partial charge on any atom is 0.352 e. The number of aromatic amines is 1. The lowest BCUT2D eigenvalue weighted by Crippen LogP contribution is -1.97. The lowest BCUT2D eigenvalue weighted by molar-refractivity contribution is 0.0691. The number of aromatic nitrogens is 1. The van der Waals surface area contributed by atoms with Crippen molar-refractivity contribution in [2.24, 2.45) is 0 Å². The Labute approximate surface area is 89.2 Å². The zero-order valence-corrected chi connectivity index (χ0v) is 8.38. The standard InChI is InChI=1S/C10H7NO3S/c12-9(8-2-1-3-15-8)6-4-7(10(13)14)11-5-6/h1-5,11H,(H,13,14). The highest BCUT2D eigenvalue weighted by atomic mass is 32.1. The van der Waals surface area contributed by atoms with Crippen LogP contribution in [0, 0.1) is 0 Å². The molecular weight excluding hydrogens is 214 g/mol. The van der Waals surface area contributed by atoms with Crippen molar-refractivity contribution in [3.05, 3.63) is 45.9 Å². The number of H-pyrrole nitrogens is 1. The van der Waals surface area contributed by atoms with Crippen molar-refractivity contribution in [2.45, 2.75) is 0 Å². The Morgan fingerprint density at radius 2 is 2.20 bits per heavy atom. The van der Waals surface area contributed by atoms with E-state index in [0.717, 1.165) is 0 Å². The number of aromatic carboxylic acids is 1. The van der Waals surface area contributed by atoms with Crippen molar-refractivity contribution in [1.29, 1.82) is 0 Å². The molecule has 5 heteroatoms. The molecule has 2 heterocycles. The van der Waals surface area contributed by atoms with E-state index >= 15 is 0 Å². The molecule has 0 amide bonds. The fourth-order valence-corrected chi connectivity index (χ4v) is 1.88. The van der Waals surface area contributed by atoms with E-state index in [1.165, 1.54) is 23.6 Å². The molecule has 0 aliphatic heterocycles. The molecule has 0 bridgehead atoms. The number of rotatable bonds is 3. The first-order valence-corrected chi connectivity index (χ1v) is 5.06. The highest BCUT2D eigenvalue weighted by Gasteiger charge is 2.14. The third kappa shape index (κ3) is 1.82. The minimum atomic E-state index is -1.07. The Bertz CT molecular complexity index is 498. The molecule has 0 spiro atoms. The van der Waals surface area contributed by atoms with E-state index in [1.54, 1.807) is 17.5 Å². The summed E-state index contributed by atoms with van der Waals surface area (Å²) in [4.78, 5) is 25.5. The zero-order valence-electron chi connectivity index (χ0n) is 7.56. The summed E-state index contributed by atoms with van der Waals surface area (Å²) in [6, 6.07) is 4.83. The van der Waals surface area contributed by atoms with Gasteiger partial charge in [0.2, 0.25) is 5.78 Å². The number of hydrogen-bond donors (Lipinski definition) is 2. The van der Waals surface area contributed by atoms with Gasteiger partial charge < -0.3 is 10.1 Å². The molecule has 0 unspecified atom stereocenters. The fraction of sp³-hybridized carbons (Fsp3) is 0. The Kier molecular flexibility index (Phi) is 2.39. The van der Waals surface area contributed by atoms with E-state index in [0.29, 0.717) is 10.4 Å². The van der Waals surface area contributed by atoms with Gasteiger partial charge >= 0.3 is 5.97 Å². The van der Waals surface area contributed by atoms with E-state index in [4.69, 9.17) is 5.11 Å². The summed E-state index contributed by atoms with van der Waals surface area (Å²) in [6.07, 6.45) is 1.41. The molecule has 2 rings (SSSR count). The maximum atomic E-state index is 11.7. The average molecular weight is 221 g/mol. The first kappa shape index (κ1) is 9.67. The van der Waals surface area contributed by atoms with Crippen LogP contribution in [0.3, 0.4) is 0 Å². The van der Waals surface area contributed by atoms with Gasteiger partial charge in [0.15, 0.2) is 0 Å². The van der Waals surface area contributed by atoms with Crippen LogP contribution in [0.25, 0.3) is 0 Å². The second kappa shape index (κ2) is 3.70. The Morgan fingerprint density at radius 3 is 2.73 bits per heavy atom. The smallest absolute Gasteiger partial charge is 0.352 e. The van der Waals surface area contributed by atoms with Crippen LogP contribution in [-0.4, -0.2) is 21.8 Å². The first-order valence-electron chi connectivity index (χ1n) is 4.18. The molecular formula is C10H7NO3S. The van der Waals surface area contributed by atoms with Gasteiger partial charge in [-0.3, -0.25) is 4.79 Å². The Balaban J connectivity index is 2.31. The molecule has 2 N–H and O–H groups in total. The SMILES string of the molecule is O=C(O)c1cc(C(=O)c2cccs2)c[nH]1. The predicted octanol–water partition coefficient (Wildman–Crippen LogP) is 2.01. The second-order valence-corrected chi connectivity index (χ2v) is 3.86. The van der Waals surface area contributed by atoms with Crippen LogP contribution in [0.2, 0.25) is 0 Å². The van der Waals surface area contributed by atoms with E-state index in [9.17, 15) is 9.59 Å². The molecule has 2 aromatic rings. The van der Waals surface area contributed by atoms with Crippen LogP contribution in [0.4, 0.5) is 0 Å². The van der Waals surface area contributed by atoms with Gasteiger partial charge in [0.1, 0.15) is 5.69 Å². The van der Waals surface area contributed by atoms with E-state index in [1.807, 2.05) is 0 Å². The maximum absolute atomic E-state index is 11.7. The van der Waals surface area contributed by atoms with E-state index in [-0.39, 0.29) is 11.5 Å². The summed E-state index contributed by atoms with van der Waals surface area (Å²) in [7, 11) is 0. The number of thiophene rings is 1. The summed E-state index contributed by atoms with van der Waals surface area (Å²) >= 11 is 1.33. The number of carbonyl (C=O) groups excluding carboxylic acids is 1. The summed E-state index contributed by atoms with van der Waals surface area (Å²) < 4.78 is 0. The van der Waals surface area contributed by atoms with Gasteiger partial charge in [0.05, 0.1) is 4.88 Å². The number of carboxylic acid groups (broad SMARTS) is 1. The molecule has 4 nitrogen and oxygen atoms in total. The van der Waals surface area contributed by atoms with Crippen molar-refractivity contribution in [1.82, 2.24) is 4.98 Å². The molecule has 0 saturated carbocycles. The van der Waals surface area contributed by atoms with Crippen molar-refractivity contribution in [3.63, 3.8) is 0 Å². The molecule has 0 radical (unpaired) electrons. The molecule has 0 aromatic carbocycles. The van der Waals surface area contributed by atoms with Crippen molar-refractivity contribution < 1.29 is 14.7 Å². The quantitative estimate of drug-likeness (QED) is 0.779. The average Bonchev–Trinajstić information content (AvgIpc) is 2.88. The minimum absolute atomic E-state index is 0.0231. The first-order chi connectivity index (χ1) is 7.18. The molecule has 0 aliphatic rings. The zero-order chi connectivity index (χ0) is 10.8. The molecule has 0 fully saturated rings. The summed E-state index contributed by atoms with van der Waals surface area (Å²) in [5.41, 5.74) is 0.393. The van der Waals surface area contributed by atoms with Crippen LogP contribution >= 0.6 is 11.3 Å². The second-order valence-electron chi connectivity index (χ2n) is 2.91. The van der Waals surface area contributed by atoms with Gasteiger partial charge in [-0.25, -0.2) is 4.79 Å². The van der Waals surface area contributed by atoms with Gasteiger partial charge in [-0.1, -0.05) is 6.07 Å². The van der Waals surface area contributed by atoms with Gasteiger partial charge in [-0.05, 0) is 17.5 Å². The molecule has 0 atom stereocenters. The molecule has 15 heavy (non-hydrogen) atoms. The van der Waals surface area contributed by atoms with Crippen LogP contribution in [0.1, 0.15) is 25.7 Å². The van der Waals surface area contributed by atoms with Crippen LogP contribution < -0.4 is 0 Å². The van der Waals surface area contributed by atoms with E-state index < -0.39 is 5.97 Å². The lowest BCUT2D eigenvalue weighted by Gasteiger charge is -1.90. The highest BCUT2D eigenvalue weighted by molar-refractivity contribution is 7.12. The Morgan fingerprint density at radius 1 is 1.40 bits per heavy atom. The third-order valence-electron chi connectivity index (χ3n) is 1.92. The Hall–Kier alpha value is -1.88. The molecule has 0 aliphatic carbocycles. The van der Waals surface area contributed by atoms with Crippen molar-refractivity contribution in [3.8, 4) is 0 Å². The molecule has 0 saturated heterocycles. The largest absolute Gasteiger partial charge is 0.477 e. The van der Waals surface area contributed by atoms with Crippen molar-refractivity contribution >= 4 is 23.1 Å². The fourth-order valence-electron chi connectivity index (χ4n) is 1.20. The third-order valence-corrected chi connectivity index (χ3v) is 2.79. The van der Waals surface area contributed by atoms with Crippen LogP contribution in [0.15, 0.2) is 29.8 Å². The number of carbonyl (C=O) groups is 2. The highest BCUT2D eigenvalue weighted by Crippen LogP contribution is 2.15. The molecule has 2 aromatic heterocycles. The number of ketones is 1. The molecule has 76 valence electrons. The number of carboxylic acids is 1.